The Bertz CT molecular complexity index is 1090. The number of hydrogen-bond donors (Lipinski definition) is 0. The summed E-state index contributed by atoms with van der Waals surface area (Å²) in [7, 11) is 0. The smallest absolute Gasteiger partial charge is 0.266 e. The monoisotopic (exact) mass is 527 g/mol. The minimum Gasteiger partial charge on any atom is -0.332 e. The molecule has 0 unspecified atom stereocenters. The van der Waals surface area contributed by atoms with E-state index < -0.39 is 24.3 Å². The molecule has 1 fully saturated rings. The molecule has 1 aromatic carbocycles. The maximum Gasteiger partial charge on any atom is 0.266 e. The summed E-state index contributed by atoms with van der Waals surface area (Å²) in [5.41, 5.74) is 2.53. The standard InChI is InChI=1S/C19H17Br2F2N5O/c1-10-3-16(28-18(26-10)24-9-25-28)13-6-19(22,23)8-27(7-13)17(29)12-4-14(20)11(2)15(21)5-12/h3-5,9,13H,6-8H2,1-2H3/t13-/m0/s1. The van der Waals surface area contributed by atoms with Gasteiger partial charge in [0.15, 0.2) is 0 Å². The molecule has 152 valence electrons. The van der Waals surface area contributed by atoms with E-state index in [1.807, 2.05) is 6.92 Å². The zero-order valence-electron chi connectivity index (χ0n) is 15.7. The number of carbonyl (C=O) groups is 1. The van der Waals surface area contributed by atoms with Crippen LogP contribution in [0.2, 0.25) is 0 Å². The fourth-order valence-corrected chi connectivity index (χ4v) is 4.84. The van der Waals surface area contributed by atoms with Crippen molar-refractivity contribution in [3.63, 3.8) is 0 Å². The van der Waals surface area contributed by atoms with Crippen molar-refractivity contribution in [1.82, 2.24) is 24.5 Å². The molecule has 1 aliphatic heterocycles. The van der Waals surface area contributed by atoms with E-state index in [-0.39, 0.29) is 13.0 Å². The molecule has 1 amide bonds. The summed E-state index contributed by atoms with van der Waals surface area (Å²) in [6, 6.07) is 5.06. The number of rotatable bonds is 2. The maximum absolute atomic E-state index is 14.6. The second-order valence-electron chi connectivity index (χ2n) is 7.30. The van der Waals surface area contributed by atoms with Crippen LogP contribution in [0.3, 0.4) is 0 Å². The van der Waals surface area contributed by atoms with Gasteiger partial charge in [-0.3, -0.25) is 4.79 Å². The van der Waals surface area contributed by atoms with Crippen LogP contribution in [0, 0.1) is 13.8 Å². The van der Waals surface area contributed by atoms with E-state index >= 15 is 0 Å². The largest absolute Gasteiger partial charge is 0.332 e. The Hall–Kier alpha value is -1.94. The summed E-state index contributed by atoms with van der Waals surface area (Å²) in [5.74, 6) is -3.68. The lowest BCUT2D eigenvalue weighted by molar-refractivity contribution is -0.0641. The number of piperidine rings is 1. The first kappa shape index (κ1) is 20.3. The first-order valence-electron chi connectivity index (χ1n) is 8.94. The van der Waals surface area contributed by atoms with E-state index in [1.54, 1.807) is 25.1 Å². The first-order valence-corrected chi connectivity index (χ1v) is 10.5. The van der Waals surface area contributed by atoms with Gasteiger partial charge in [-0.05, 0) is 37.6 Å². The van der Waals surface area contributed by atoms with Gasteiger partial charge in [0.05, 0.1) is 12.2 Å². The summed E-state index contributed by atoms with van der Waals surface area (Å²) < 4.78 is 32.2. The van der Waals surface area contributed by atoms with Crippen LogP contribution in [0.4, 0.5) is 8.78 Å². The van der Waals surface area contributed by atoms with Gasteiger partial charge in [0, 0.05) is 39.1 Å². The minimum absolute atomic E-state index is 0.163. The second-order valence-corrected chi connectivity index (χ2v) is 9.01. The Balaban J connectivity index is 1.71. The van der Waals surface area contributed by atoms with E-state index in [0.29, 0.717) is 22.7 Å². The van der Waals surface area contributed by atoms with Crippen LogP contribution < -0.4 is 0 Å². The average Bonchev–Trinajstić information content (AvgIpc) is 3.11. The maximum atomic E-state index is 14.6. The summed E-state index contributed by atoms with van der Waals surface area (Å²) in [5, 5.41) is 4.13. The number of carbonyl (C=O) groups excluding carboxylic acids is 1. The van der Waals surface area contributed by atoms with Crippen LogP contribution in [-0.4, -0.2) is 49.4 Å². The third kappa shape index (κ3) is 3.92. The molecule has 0 N–H and O–H groups in total. The highest BCUT2D eigenvalue weighted by atomic mass is 79.9. The Morgan fingerprint density at radius 3 is 2.59 bits per heavy atom. The predicted octanol–water partition coefficient (Wildman–Crippen LogP) is 4.53. The predicted molar refractivity (Wildman–Crippen MR) is 110 cm³/mol. The van der Waals surface area contributed by atoms with Crippen molar-refractivity contribution >= 4 is 43.5 Å². The zero-order chi connectivity index (χ0) is 20.9. The van der Waals surface area contributed by atoms with Crippen LogP contribution in [0.5, 0.6) is 0 Å². The van der Waals surface area contributed by atoms with Crippen molar-refractivity contribution in [2.24, 2.45) is 0 Å². The molecule has 4 rings (SSSR count). The molecule has 2 aromatic heterocycles. The quantitative estimate of drug-likeness (QED) is 0.490. The number of fused-ring (bicyclic) bond motifs is 1. The summed E-state index contributed by atoms with van der Waals surface area (Å²) in [6.07, 6.45) is 0.979. The third-order valence-electron chi connectivity index (χ3n) is 5.05. The van der Waals surface area contributed by atoms with Crippen LogP contribution in [0.25, 0.3) is 5.78 Å². The number of hydrogen-bond acceptors (Lipinski definition) is 4. The van der Waals surface area contributed by atoms with Gasteiger partial charge >= 0.3 is 0 Å². The molecule has 0 aliphatic carbocycles. The SMILES string of the molecule is Cc1cc([C@@H]2CN(C(=O)c3cc(Br)c(C)c(Br)c3)CC(F)(F)C2)n2ncnc2n1. The minimum atomic E-state index is -3.01. The lowest BCUT2D eigenvalue weighted by Crippen LogP contribution is -2.49. The van der Waals surface area contributed by atoms with Gasteiger partial charge in [0.25, 0.3) is 17.6 Å². The number of benzene rings is 1. The van der Waals surface area contributed by atoms with Crippen LogP contribution in [0.15, 0.2) is 33.5 Å². The molecule has 3 aromatic rings. The Labute approximate surface area is 182 Å². The highest BCUT2D eigenvalue weighted by Gasteiger charge is 2.43. The van der Waals surface area contributed by atoms with Crippen molar-refractivity contribution in [2.75, 3.05) is 13.1 Å². The van der Waals surface area contributed by atoms with E-state index in [1.165, 1.54) is 15.7 Å². The van der Waals surface area contributed by atoms with E-state index in [4.69, 9.17) is 0 Å². The van der Waals surface area contributed by atoms with Crippen LogP contribution >= 0.6 is 31.9 Å². The van der Waals surface area contributed by atoms with Crippen LogP contribution in [0.1, 0.15) is 39.6 Å². The zero-order valence-corrected chi connectivity index (χ0v) is 18.8. The molecule has 0 radical (unpaired) electrons. The molecular weight excluding hydrogens is 512 g/mol. The number of halogens is 4. The Kier molecular flexibility index (Phi) is 5.18. The van der Waals surface area contributed by atoms with Crippen molar-refractivity contribution < 1.29 is 13.6 Å². The van der Waals surface area contributed by atoms with Crippen molar-refractivity contribution in [2.45, 2.75) is 32.1 Å². The Morgan fingerprint density at radius 2 is 1.90 bits per heavy atom. The molecule has 0 spiro atoms. The van der Waals surface area contributed by atoms with Gasteiger partial charge in [-0.1, -0.05) is 31.9 Å². The fourth-order valence-electron chi connectivity index (χ4n) is 3.65. The second kappa shape index (κ2) is 7.39. The van der Waals surface area contributed by atoms with Gasteiger partial charge in [-0.25, -0.2) is 18.3 Å². The summed E-state index contributed by atoms with van der Waals surface area (Å²) in [4.78, 5) is 22.6. The molecule has 0 bridgehead atoms. The van der Waals surface area contributed by atoms with E-state index in [9.17, 15) is 13.6 Å². The highest BCUT2D eigenvalue weighted by Crippen LogP contribution is 2.37. The van der Waals surface area contributed by atoms with Gasteiger partial charge in [-0.15, -0.1) is 0 Å². The molecule has 0 saturated carbocycles. The van der Waals surface area contributed by atoms with E-state index in [0.717, 1.165) is 14.5 Å². The van der Waals surface area contributed by atoms with Crippen molar-refractivity contribution in [1.29, 1.82) is 0 Å². The highest BCUT2D eigenvalue weighted by molar-refractivity contribution is 9.11. The summed E-state index contributed by atoms with van der Waals surface area (Å²) in [6.45, 7) is 3.22. The van der Waals surface area contributed by atoms with Crippen molar-refractivity contribution in [3.8, 4) is 0 Å². The van der Waals surface area contributed by atoms with Gasteiger partial charge < -0.3 is 4.90 Å². The van der Waals surface area contributed by atoms with Gasteiger partial charge in [-0.2, -0.15) is 10.1 Å². The number of amides is 1. The number of aromatic nitrogens is 4. The molecular formula is C19H17Br2F2N5O. The lowest BCUT2D eigenvalue weighted by Gasteiger charge is -2.37. The molecule has 1 atom stereocenters. The topological polar surface area (TPSA) is 63.4 Å². The Morgan fingerprint density at radius 1 is 1.21 bits per heavy atom. The molecule has 3 heterocycles. The molecule has 6 nitrogen and oxygen atoms in total. The molecule has 1 saturated heterocycles. The lowest BCUT2D eigenvalue weighted by atomic mass is 9.91. The normalized spacial score (nSPS) is 19.0. The molecule has 10 heteroatoms. The first-order chi connectivity index (χ1) is 13.6. The third-order valence-corrected chi connectivity index (χ3v) is 6.70. The molecule has 1 aliphatic rings. The molecule has 29 heavy (non-hydrogen) atoms. The van der Waals surface area contributed by atoms with Crippen molar-refractivity contribution in [3.05, 3.63) is 56.0 Å². The number of alkyl halides is 2. The number of nitrogens with zero attached hydrogens (tertiary/aromatic N) is 5. The number of likely N-dealkylation sites (tertiary alicyclic amines) is 1. The van der Waals surface area contributed by atoms with Gasteiger partial charge in [0.1, 0.15) is 6.33 Å². The number of aryl methyl sites for hydroxylation is 1. The van der Waals surface area contributed by atoms with Crippen LogP contribution in [-0.2, 0) is 0 Å². The summed E-state index contributed by atoms with van der Waals surface area (Å²) >= 11 is 6.83. The van der Waals surface area contributed by atoms with E-state index in [2.05, 4.69) is 46.9 Å². The average molecular weight is 529 g/mol. The fraction of sp³-hybridized carbons (Fsp3) is 0.368. The van der Waals surface area contributed by atoms with Gasteiger partial charge in [0.2, 0.25) is 0 Å².